The first-order valence-electron chi connectivity index (χ1n) is 13.0. The van der Waals surface area contributed by atoms with Crippen molar-refractivity contribution in [3.8, 4) is 11.3 Å². The molecule has 0 atom stereocenters. The van der Waals surface area contributed by atoms with Gasteiger partial charge < -0.3 is 20.1 Å². The summed E-state index contributed by atoms with van der Waals surface area (Å²) in [6.45, 7) is 4.57. The number of aryl methyl sites for hydroxylation is 1. The Morgan fingerprint density at radius 1 is 1.16 bits per heavy atom. The van der Waals surface area contributed by atoms with E-state index in [0.29, 0.717) is 45.9 Å². The van der Waals surface area contributed by atoms with E-state index in [2.05, 4.69) is 15.6 Å². The Labute approximate surface area is 218 Å². The lowest BCUT2D eigenvalue weighted by molar-refractivity contribution is -0.132. The molecule has 2 aliphatic rings. The van der Waals surface area contributed by atoms with Crippen LogP contribution in [0, 0.1) is 12.3 Å². The zero-order valence-electron chi connectivity index (χ0n) is 21.7. The second kappa shape index (κ2) is 9.17. The fourth-order valence-electron chi connectivity index (χ4n) is 6.06. The van der Waals surface area contributed by atoms with E-state index in [1.54, 1.807) is 24.4 Å². The molecule has 1 amide bonds. The molecule has 200 valence electrons. The topological polar surface area (TPSA) is 105 Å². The number of aromatic nitrogens is 6. The van der Waals surface area contributed by atoms with Crippen LogP contribution >= 0.6 is 0 Å². The number of pyridine rings is 1. The number of nitrogens with one attached hydrogen (secondary N) is 2. The average molecular weight is 524 g/mol. The standard InChI is InChI=1S/C26H31F2N9O/c1-15-30-20-5-4-19(32-24(20)36(15)14-21(27)28)18-6-9-37-22(18)23(29-3)33-25(34-37)31-17-12-26(13-17)7-10-35(11-8-26)16(2)38/h4-6,9,17,21H,7-8,10-14H2,1-3H3,(H2,29,31,33,34). The summed E-state index contributed by atoms with van der Waals surface area (Å²) in [5.41, 5.74) is 3.50. The van der Waals surface area contributed by atoms with E-state index in [-0.39, 0.29) is 5.91 Å². The number of carbonyl (C=O) groups is 1. The maximum absolute atomic E-state index is 13.2. The first kappa shape index (κ1) is 24.5. The van der Waals surface area contributed by atoms with Crippen LogP contribution in [0.1, 0.15) is 38.4 Å². The van der Waals surface area contributed by atoms with Crippen molar-refractivity contribution in [1.82, 2.24) is 34.0 Å². The number of anilines is 2. The minimum absolute atomic E-state index is 0.158. The smallest absolute Gasteiger partial charge is 0.256 e. The van der Waals surface area contributed by atoms with Crippen LogP contribution in [0.2, 0.25) is 0 Å². The van der Waals surface area contributed by atoms with E-state index in [9.17, 15) is 13.6 Å². The van der Waals surface area contributed by atoms with Gasteiger partial charge in [0.1, 0.15) is 16.9 Å². The Hall–Kier alpha value is -3.83. The van der Waals surface area contributed by atoms with E-state index in [1.165, 1.54) is 4.57 Å². The Balaban J connectivity index is 1.24. The van der Waals surface area contributed by atoms with E-state index < -0.39 is 13.0 Å². The molecule has 0 aromatic carbocycles. The van der Waals surface area contributed by atoms with Gasteiger partial charge in [-0.15, -0.1) is 5.10 Å². The summed E-state index contributed by atoms with van der Waals surface area (Å²) in [6.07, 6.45) is 3.52. The molecular formula is C26H31F2N9O. The van der Waals surface area contributed by atoms with Crippen molar-refractivity contribution in [1.29, 1.82) is 0 Å². The van der Waals surface area contributed by atoms with Crippen molar-refractivity contribution >= 4 is 34.4 Å². The first-order valence-corrected chi connectivity index (χ1v) is 13.0. The normalized spacial score (nSPS) is 17.5. The number of hydrogen-bond donors (Lipinski definition) is 2. The van der Waals surface area contributed by atoms with Crippen molar-refractivity contribution < 1.29 is 13.6 Å². The highest BCUT2D eigenvalue weighted by Gasteiger charge is 2.46. The van der Waals surface area contributed by atoms with E-state index in [1.807, 2.05) is 30.3 Å². The SMILES string of the molecule is CNc1nc(NC2CC3(CCN(C(C)=O)CC3)C2)nn2ccc(-c3ccc4nc(C)n(CC(F)F)c4n3)c12. The minimum Gasteiger partial charge on any atom is -0.371 e. The van der Waals surface area contributed by atoms with Gasteiger partial charge in [-0.3, -0.25) is 4.79 Å². The molecule has 4 aromatic rings. The van der Waals surface area contributed by atoms with Crippen molar-refractivity contribution in [2.24, 2.45) is 5.41 Å². The summed E-state index contributed by atoms with van der Waals surface area (Å²) >= 11 is 0. The third-order valence-electron chi connectivity index (χ3n) is 8.09. The van der Waals surface area contributed by atoms with Gasteiger partial charge in [-0.05, 0) is 56.2 Å². The quantitative estimate of drug-likeness (QED) is 0.394. The average Bonchev–Trinajstić information content (AvgIpc) is 3.43. The number of hydrogen-bond acceptors (Lipinski definition) is 7. The monoisotopic (exact) mass is 523 g/mol. The highest BCUT2D eigenvalue weighted by molar-refractivity contribution is 5.89. The number of piperidine rings is 1. The molecule has 5 heterocycles. The Morgan fingerprint density at radius 3 is 2.61 bits per heavy atom. The van der Waals surface area contributed by atoms with E-state index in [4.69, 9.17) is 15.1 Å². The number of fused-ring (bicyclic) bond motifs is 2. The first-order chi connectivity index (χ1) is 18.2. The van der Waals surface area contributed by atoms with Crippen LogP contribution in [0.4, 0.5) is 20.5 Å². The fraction of sp³-hybridized carbons (Fsp3) is 0.500. The van der Waals surface area contributed by atoms with Crippen LogP contribution in [0.3, 0.4) is 0 Å². The lowest BCUT2D eigenvalue weighted by atomic mass is 9.60. The molecule has 2 N–H and O–H groups in total. The number of likely N-dealkylation sites (tertiary alicyclic amines) is 1. The molecule has 1 saturated carbocycles. The predicted molar refractivity (Wildman–Crippen MR) is 140 cm³/mol. The third kappa shape index (κ3) is 4.21. The van der Waals surface area contributed by atoms with Crippen LogP contribution in [-0.4, -0.2) is 72.5 Å². The Morgan fingerprint density at radius 2 is 1.92 bits per heavy atom. The van der Waals surface area contributed by atoms with Gasteiger partial charge in [0, 0.05) is 44.9 Å². The maximum Gasteiger partial charge on any atom is 0.256 e. The second-order valence-electron chi connectivity index (χ2n) is 10.5. The van der Waals surface area contributed by atoms with Crippen molar-refractivity contribution in [2.45, 2.75) is 58.5 Å². The summed E-state index contributed by atoms with van der Waals surface area (Å²) in [5, 5.41) is 11.4. The predicted octanol–water partition coefficient (Wildman–Crippen LogP) is 3.96. The number of imidazole rings is 1. The zero-order chi connectivity index (χ0) is 26.6. The minimum atomic E-state index is -2.50. The van der Waals surface area contributed by atoms with Crippen molar-refractivity contribution in [2.75, 3.05) is 30.8 Å². The highest BCUT2D eigenvalue weighted by atomic mass is 19.3. The number of halogens is 2. The van der Waals surface area contributed by atoms with Crippen LogP contribution in [-0.2, 0) is 11.3 Å². The van der Waals surface area contributed by atoms with Crippen molar-refractivity contribution in [3.63, 3.8) is 0 Å². The second-order valence-corrected chi connectivity index (χ2v) is 10.5. The van der Waals surface area contributed by atoms with Gasteiger partial charge in [-0.2, -0.15) is 4.98 Å². The van der Waals surface area contributed by atoms with Gasteiger partial charge in [0.05, 0.1) is 12.2 Å². The summed E-state index contributed by atoms with van der Waals surface area (Å²) < 4.78 is 29.6. The van der Waals surface area contributed by atoms with Gasteiger partial charge in [0.15, 0.2) is 11.5 Å². The van der Waals surface area contributed by atoms with Gasteiger partial charge in [-0.25, -0.2) is 23.3 Å². The molecule has 1 aliphatic heterocycles. The molecule has 0 unspecified atom stereocenters. The maximum atomic E-state index is 13.2. The molecule has 12 heteroatoms. The molecule has 0 bridgehead atoms. The van der Waals surface area contributed by atoms with E-state index >= 15 is 0 Å². The molecule has 10 nitrogen and oxygen atoms in total. The largest absolute Gasteiger partial charge is 0.371 e. The molecule has 6 rings (SSSR count). The van der Waals surface area contributed by atoms with Gasteiger partial charge in [0.25, 0.3) is 6.43 Å². The van der Waals surface area contributed by atoms with Gasteiger partial charge in [-0.1, -0.05) is 0 Å². The fourth-order valence-corrected chi connectivity index (χ4v) is 6.06. The van der Waals surface area contributed by atoms with Crippen LogP contribution in [0.5, 0.6) is 0 Å². The Bertz CT molecular complexity index is 1510. The molecule has 1 spiro atoms. The lowest BCUT2D eigenvalue weighted by Crippen LogP contribution is -2.52. The van der Waals surface area contributed by atoms with Crippen LogP contribution < -0.4 is 10.6 Å². The number of nitrogens with zero attached hydrogens (tertiary/aromatic N) is 7. The summed E-state index contributed by atoms with van der Waals surface area (Å²) in [7, 11) is 1.81. The molecule has 2 fully saturated rings. The number of rotatable bonds is 6. The third-order valence-corrected chi connectivity index (χ3v) is 8.09. The summed E-state index contributed by atoms with van der Waals surface area (Å²) in [4.78, 5) is 27.4. The number of carbonyl (C=O) groups excluding carboxylic acids is 1. The summed E-state index contributed by atoms with van der Waals surface area (Å²) in [5.74, 6) is 1.85. The van der Waals surface area contributed by atoms with Gasteiger partial charge in [0.2, 0.25) is 11.9 Å². The summed E-state index contributed by atoms with van der Waals surface area (Å²) in [6, 6.07) is 5.84. The van der Waals surface area contributed by atoms with E-state index in [0.717, 1.165) is 49.9 Å². The van der Waals surface area contributed by atoms with Crippen LogP contribution in [0.25, 0.3) is 27.9 Å². The highest BCUT2D eigenvalue weighted by Crippen LogP contribution is 2.50. The molecular weight excluding hydrogens is 492 g/mol. The molecule has 1 saturated heterocycles. The molecule has 1 aliphatic carbocycles. The molecule has 0 radical (unpaired) electrons. The number of alkyl halides is 2. The lowest BCUT2D eigenvalue weighted by Gasteiger charge is -2.52. The van der Waals surface area contributed by atoms with Gasteiger partial charge >= 0.3 is 0 Å². The molecule has 38 heavy (non-hydrogen) atoms. The van der Waals surface area contributed by atoms with Crippen LogP contribution in [0.15, 0.2) is 24.4 Å². The Kier molecular flexibility index (Phi) is 5.92. The number of amides is 1. The van der Waals surface area contributed by atoms with Crippen molar-refractivity contribution in [3.05, 3.63) is 30.2 Å². The zero-order valence-corrected chi connectivity index (χ0v) is 21.7. The molecule has 4 aromatic heterocycles.